The lowest BCUT2D eigenvalue weighted by molar-refractivity contribution is 0.213. The van der Waals surface area contributed by atoms with Gasteiger partial charge in [-0.2, -0.15) is 5.10 Å². The largest absolute Gasteiger partial charge is 0.382 e. The van der Waals surface area contributed by atoms with Gasteiger partial charge in [-0.15, -0.1) is 0 Å². The normalized spacial score (nSPS) is 11.9. The third kappa shape index (κ3) is 6.05. The zero-order chi connectivity index (χ0) is 13.5. The summed E-state index contributed by atoms with van der Waals surface area (Å²) in [6.07, 6.45) is 3.07. The third-order valence-corrected chi connectivity index (χ3v) is 2.77. The Morgan fingerprint density at radius 1 is 1.22 bits per heavy atom. The van der Waals surface area contributed by atoms with E-state index < -0.39 is 0 Å². The first kappa shape index (κ1) is 15.0. The van der Waals surface area contributed by atoms with E-state index in [0.29, 0.717) is 5.82 Å². The number of rotatable bonds is 8. The van der Waals surface area contributed by atoms with Crippen molar-refractivity contribution in [3.8, 4) is 0 Å². The van der Waals surface area contributed by atoms with E-state index in [9.17, 15) is 0 Å². The van der Waals surface area contributed by atoms with E-state index in [1.807, 2.05) is 16.9 Å². The average molecular weight is 252 g/mol. The predicted molar refractivity (Wildman–Crippen MR) is 77.4 cm³/mol. The summed E-state index contributed by atoms with van der Waals surface area (Å²) in [6, 6.07) is 1.85. The Morgan fingerprint density at radius 2 is 1.83 bits per heavy atom. The highest BCUT2D eigenvalue weighted by Crippen LogP contribution is 2.05. The van der Waals surface area contributed by atoms with Crippen molar-refractivity contribution < 1.29 is 0 Å². The maximum Gasteiger partial charge on any atom is 0.145 e. The summed E-state index contributed by atoms with van der Waals surface area (Å²) in [5.74, 6) is 2.06. The maximum atomic E-state index is 5.60. The quantitative estimate of drug-likeness (QED) is 0.773. The van der Waals surface area contributed by atoms with E-state index in [2.05, 4.69) is 37.7 Å². The predicted octanol–water partition coefficient (Wildman–Crippen LogP) is 2.47. The Hall–Kier alpha value is -1.03. The third-order valence-electron chi connectivity index (χ3n) is 2.77. The first-order valence-electron chi connectivity index (χ1n) is 6.98. The van der Waals surface area contributed by atoms with Gasteiger partial charge in [0.05, 0.1) is 0 Å². The molecule has 0 saturated carbocycles. The fourth-order valence-corrected chi connectivity index (χ4v) is 2.25. The lowest BCUT2D eigenvalue weighted by Gasteiger charge is -2.26. The molecule has 0 atom stereocenters. The minimum atomic E-state index is 0.608. The monoisotopic (exact) mass is 252 g/mol. The van der Waals surface area contributed by atoms with Crippen molar-refractivity contribution in [2.45, 2.75) is 40.7 Å². The second-order valence-corrected chi connectivity index (χ2v) is 5.90. The molecule has 1 heterocycles. The van der Waals surface area contributed by atoms with Gasteiger partial charge in [0.15, 0.2) is 0 Å². The van der Waals surface area contributed by atoms with Crippen LogP contribution in [0.2, 0.25) is 0 Å². The average Bonchev–Trinajstić information content (AvgIpc) is 2.62. The van der Waals surface area contributed by atoms with Gasteiger partial charge in [0.25, 0.3) is 0 Å². The van der Waals surface area contributed by atoms with Crippen LogP contribution < -0.4 is 5.73 Å². The van der Waals surface area contributed by atoms with Crippen LogP contribution >= 0.6 is 0 Å². The van der Waals surface area contributed by atoms with Gasteiger partial charge >= 0.3 is 0 Å². The zero-order valence-electron chi connectivity index (χ0n) is 12.3. The molecule has 0 aliphatic carbocycles. The number of aromatic nitrogens is 2. The summed E-state index contributed by atoms with van der Waals surface area (Å²) < 4.78 is 1.93. The zero-order valence-corrected chi connectivity index (χ0v) is 12.3. The van der Waals surface area contributed by atoms with Crippen LogP contribution in [0.25, 0.3) is 0 Å². The topological polar surface area (TPSA) is 47.1 Å². The number of hydrogen-bond acceptors (Lipinski definition) is 3. The first-order chi connectivity index (χ1) is 8.47. The Labute approximate surface area is 111 Å². The van der Waals surface area contributed by atoms with Gasteiger partial charge in [0.2, 0.25) is 0 Å². The Morgan fingerprint density at radius 3 is 2.28 bits per heavy atom. The highest BCUT2D eigenvalue weighted by Gasteiger charge is 2.09. The van der Waals surface area contributed by atoms with Gasteiger partial charge in [0.1, 0.15) is 5.82 Å². The molecule has 2 N–H and O–H groups in total. The highest BCUT2D eigenvalue weighted by atomic mass is 15.3. The summed E-state index contributed by atoms with van der Waals surface area (Å²) in [5, 5.41) is 4.21. The molecule has 104 valence electrons. The van der Waals surface area contributed by atoms with Crippen molar-refractivity contribution in [3.05, 3.63) is 12.3 Å². The van der Waals surface area contributed by atoms with Gasteiger partial charge in [0, 0.05) is 25.8 Å². The SMILES string of the molecule is CC(C)CN(CCCn1ccc(N)n1)CC(C)C. The van der Waals surface area contributed by atoms with Crippen molar-refractivity contribution in [2.75, 3.05) is 25.4 Å². The van der Waals surface area contributed by atoms with Gasteiger partial charge in [-0.25, -0.2) is 0 Å². The summed E-state index contributed by atoms with van der Waals surface area (Å²) >= 11 is 0. The molecule has 0 radical (unpaired) electrons. The van der Waals surface area contributed by atoms with Crippen molar-refractivity contribution in [1.29, 1.82) is 0 Å². The molecule has 0 fully saturated rings. The minimum Gasteiger partial charge on any atom is -0.382 e. The number of aryl methyl sites for hydroxylation is 1. The second-order valence-electron chi connectivity index (χ2n) is 5.90. The van der Waals surface area contributed by atoms with Crippen LogP contribution in [0.5, 0.6) is 0 Å². The smallest absolute Gasteiger partial charge is 0.145 e. The van der Waals surface area contributed by atoms with Crippen LogP contribution in [-0.4, -0.2) is 34.3 Å². The van der Waals surface area contributed by atoms with Crippen molar-refractivity contribution in [1.82, 2.24) is 14.7 Å². The molecule has 0 aromatic carbocycles. The number of nitrogen functional groups attached to an aromatic ring is 1. The number of anilines is 1. The van der Waals surface area contributed by atoms with Crippen LogP contribution in [0.4, 0.5) is 5.82 Å². The van der Waals surface area contributed by atoms with Crippen LogP contribution in [0.1, 0.15) is 34.1 Å². The molecule has 1 aromatic heterocycles. The molecule has 0 amide bonds. The number of hydrogen-bond donors (Lipinski definition) is 1. The van der Waals surface area contributed by atoms with Crippen molar-refractivity contribution >= 4 is 5.82 Å². The summed E-state index contributed by atoms with van der Waals surface area (Å²) in [7, 11) is 0. The molecule has 4 nitrogen and oxygen atoms in total. The maximum absolute atomic E-state index is 5.60. The highest BCUT2D eigenvalue weighted by molar-refractivity contribution is 5.23. The summed E-state index contributed by atoms with van der Waals surface area (Å²) in [4.78, 5) is 2.56. The Kier molecular flexibility index (Phi) is 6.19. The molecule has 0 bridgehead atoms. The summed E-state index contributed by atoms with van der Waals surface area (Å²) in [5.41, 5.74) is 5.60. The molecule has 1 aromatic rings. The summed E-state index contributed by atoms with van der Waals surface area (Å²) in [6.45, 7) is 13.6. The molecule has 0 spiro atoms. The van der Waals surface area contributed by atoms with Gasteiger partial charge in [-0.1, -0.05) is 27.7 Å². The Bertz CT molecular complexity index is 320. The van der Waals surface area contributed by atoms with Crippen LogP contribution in [0.15, 0.2) is 12.3 Å². The molecule has 0 unspecified atom stereocenters. The number of nitrogens with two attached hydrogens (primary N) is 1. The van der Waals surface area contributed by atoms with Crippen molar-refractivity contribution in [2.24, 2.45) is 11.8 Å². The van der Waals surface area contributed by atoms with Gasteiger partial charge in [-0.3, -0.25) is 4.68 Å². The van der Waals surface area contributed by atoms with Crippen LogP contribution in [0.3, 0.4) is 0 Å². The van der Waals surface area contributed by atoms with Gasteiger partial charge in [-0.05, 0) is 30.9 Å². The molecule has 18 heavy (non-hydrogen) atoms. The van der Waals surface area contributed by atoms with Crippen LogP contribution in [0, 0.1) is 11.8 Å². The number of nitrogens with zero attached hydrogens (tertiary/aromatic N) is 3. The van der Waals surface area contributed by atoms with E-state index in [0.717, 1.165) is 31.3 Å². The van der Waals surface area contributed by atoms with E-state index in [-0.39, 0.29) is 0 Å². The lowest BCUT2D eigenvalue weighted by Crippen LogP contribution is -2.32. The molecular formula is C14H28N4. The fourth-order valence-electron chi connectivity index (χ4n) is 2.25. The van der Waals surface area contributed by atoms with Crippen molar-refractivity contribution in [3.63, 3.8) is 0 Å². The standard InChI is InChI=1S/C14H28N4/c1-12(2)10-17(11-13(3)4)7-5-8-18-9-6-14(15)16-18/h6,9,12-13H,5,7-8,10-11H2,1-4H3,(H2,15,16). The molecule has 0 saturated heterocycles. The molecular weight excluding hydrogens is 224 g/mol. The van der Waals surface area contributed by atoms with E-state index in [1.165, 1.54) is 13.1 Å². The van der Waals surface area contributed by atoms with E-state index in [1.54, 1.807) is 0 Å². The second kappa shape index (κ2) is 7.41. The van der Waals surface area contributed by atoms with E-state index >= 15 is 0 Å². The molecule has 0 aliphatic heterocycles. The molecule has 4 heteroatoms. The van der Waals surface area contributed by atoms with Gasteiger partial charge < -0.3 is 10.6 Å². The molecule has 1 rings (SSSR count). The fraction of sp³-hybridized carbons (Fsp3) is 0.786. The molecule has 0 aliphatic rings. The van der Waals surface area contributed by atoms with E-state index in [4.69, 9.17) is 5.73 Å². The Balaban J connectivity index is 2.32. The van der Waals surface area contributed by atoms with Crippen LogP contribution in [-0.2, 0) is 6.54 Å². The first-order valence-corrected chi connectivity index (χ1v) is 6.98. The lowest BCUT2D eigenvalue weighted by atomic mass is 10.1. The minimum absolute atomic E-state index is 0.608.